The number of alkyl halides is 3. The number of benzene rings is 1. The number of halogens is 5. The first-order valence-corrected chi connectivity index (χ1v) is 4.31. The van der Waals surface area contributed by atoms with Crippen LogP contribution in [0.15, 0.2) is 18.2 Å². The summed E-state index contributed by atoms with van der Waals surface area (Å²) in [5, 5.41) is -1.31. The topological polar surface area (TPSA) is 26.3 Å². The van der Waals surface area contributed by atoms with Gasteiger partial charge in [-0.1, -0.05) is 17.7 Å². The second-order valence-electron chi connectivity index (χ2n) is 2.43. The molecule has 0 fully saturated rings. The van der Waals surface area contributed by atoms with Crippen LogP contribution < -0.4 is 4.74 Å². The summed E-state index contributed by atoms with van der Waals surface area (Å²) >= 11 is 10.6. The van der Waals surface area contributed by atoms with Crippen LogP contribution in [0.2, 0.25) is 5.02 Å². The molecule has 0 aromatic heterocycles. The van der Waals surface area contributed by atoms with Crippen LogP contribution in [0, 0.1) is 0 Å². The van der Waals surface area contributed by atoms with E-state index in [0.717, 1.165) is 6.07 Å². The minimum atomic E-state index is -4.90. The van der Waals surface area contributed by atoms with E-state index in [-0.39, 0.29) is 5.02 Å². The molecular formula is C8H3Cl2F3O2. The molecule has 15 heavy (non-hydrogen) atoms. The Labute approximate surface area is 92.5 Å². The van der Waals surface area contributed by atoms with E-state index >= 15 is 0 Å². The lowest BCUT2D eigenvalue weighted by Gasteiger charge is -2.11. The predicted molar refractivity (Wildman–Crippen MR) is 48.3 cm³/mol. The first-order valence-electron chi connectivity index (χ1n) is 3.55. The molecule has 0 atom stereocenters. The third-order valence-electron chi connectivity index (χ3n) is 1.40. The van der Waals surface area contributed by atoms with E-state index in [4.69, 9.17) is 23.2 Å². The molecular weight excluding hydrogens is 256 g/mol. The summed E-state index contributed by atoms with van der Waals surface area (Å²) in [7, 11) is 0. The Kier molecular flexibility index (Phi) is 3.46. The third-order valence-corrected chi connectivity index (χ3v) is 1.90. The number of hydrogen-bond acceptors (Lipinski definition) is 2. The fourth-order valence-corrected chi connectivity index (χ4v) is 1.40. The summed E-state index contributed by atoms with van der Waals surface area (Å²) in [4.78, 5) is 10.8. The number of carbonyl (C=O) groups is 1. The second kappa shape index (κ2) is 4.28. The summed E-state index contributed by atoms with van der Waals surface area (Å²) in [6, 6.07) is 3.40. The van der Waals surface area contributed by atoms with Crippen LogP contribution in [0.25, 0.3) is 0 Å². The zero-order valence-corrected chi connectivity index (χ0v) is 8.45. The quantitative estimate of drug-likeness (QED) is 0.758. The molecule has 82 valence electrons. The highest BCUT2D eigenvalue weighted by molar-refractivity contribution is 6.69. The van der Waals surface area contributed by atoms with Crippen LogP contribution in [-0.4, -0.2) is 11.6 Å². The summed E-state index contributed by atoms with van der Waals surface area (Å²) in [5.41, 5.74) is -0.502. The standard InChI is InChI=1S/C8H3Cl2F3O2/c9-4-2-1-3-5(6(4)7(10)14)15-8(11,12)13/h1-3H. The highest BCUT2D eigenvalue weighted by Gasteiger charge is 2.33. The van der Waals surface area contributed by atoms with Crippen LogP contribution in [0.4, 0.5) is 13.2 Å². The lowest BCUT2D eigenvalue weighted by molar-refractivity contribution is -0.274. The van der Waals surface area contributed by atoms with Gasteiger partial charge in [-0.25, -0.2) is 0 Å². The minimum absolute atomic E-state index is 0.197. The largest absolute Gasteiger partial charge is 0.573 e. The molecule has 0 radical (unpaired) electrons. The van der Waals surface area contributed by atoms with Gasteiger partial charge in [-0.15, -0.1) is 13.2 Å². The summed E-state index contributed by atoms with van der Waals surface area (Å²) in [6.45, 7) is 0. The molecule has 1 aromatic rings. The van der Waals surface area contributed by atoms with E-state index in [2.05, 4.69) is 4.74 Å². The van der Waals surface area contributed by atoms with Crippen molar-refractivity contribution in [3.05, 3.63) is 28.8 Å². The van der Waals surface area contributed by atoms with Gasteiger partial charge in [0.15, 0.2) is 0 Å². The Morgan fingerprint density at radius 2 is 1.93 bits per heavy atom. The van der Waals surface area contributed by atoms with Crippen molar-refractivity contribution in [2.45, 2.75) is 6.36 Å². The molecule has 0 aliphatic carbocycles. The van der Waals surface area contributed by atoms with E-state index < -0.39 is 22.9 Å². The maximum atomic E-state index is 11.9. The van der Waals surface area contributed by atoms with Crippen molar-refractivity contribution in [2.75, 3.05) is 0 Å². The molecule has 0 amide bonds. The molecule has 0 spiro atoms. The SMILES string of the molecule is O=C(Cl)c1c(Cl)cccc1OC(F)(F)F. The smallest absolute Gasteiger partial charge is 0.405 e. The summed E-state index contributed by atoms with van der Waals surface area (Å²) < 4.78 is 39.3. The Morgan fingerprint density at radius 3 is 2.40 bits per heavy atom. The van der Waals surface area contributed by atoms with Crippen LogP contribution in [0.1, 0.15) is 10.4 Å². The predicted octanol–water partition coefficient (Wildman–Crippen LogP) is 3.62. The zero-order valence-electron chi connectivity index (χ0n) is 6.94. The van der Waals surface area contributed by atoms with E-state index in [1.165, 1.54) is 12.1 Å². The van der Waals surface area contributed by atoms with Crippen LogP contribution >= 0.6 is 23.2 Å². The molecule has 0 N–H and O–H groups in total. The van der Waals surface area contributed by atoms with Crippen molar-refractivity contribution < 1.29 is 22.7 Å². The van der Waals surface area contributed by atoms with Gasteiger partial charge >= 0.3 is 6.36 Å². The van der Waals surface area contributed by atoms with E-state index in [1.807, 2.05) is 0 Å². The Bertz CT molecular complexity index is 390. The average molecular weight is 259 g/mol. The summed E-state index contributed by atoms with van der Waals surface area (Å²) in [5.74, 6) is -0.713. The van der Waals surface area contributed by atoms with Crippen molar-refractivity contribution in [3.8, 4) is 5.75 Å². The van der Waals surface area contributed by atoms with E-state index in [1.54, 1.807) is 0 Å². The fraction of sp³-hybridized carbons (Fsp3) is 0.125. The number of ether oxygens (including phenoxy) is 1. The summed E-state index contributed by atoms with van der Waals surface area (Å²) in [6.07, 6.45) is -4.90. The molecule has 0 heterocycles. The number of hydrogen-bond donors (Lipinski definition) is 0. The zero-order chi connectivity index (χ0) is 11.6. The number of carbonyl (C=O) groups excluding carboxylic acids is 1. The molecule has 0 saturated carbocycles. The van der Waals surface area contributed by atoms with Crippen LogP contribution in [0.5, 0.6) is 5.75 Å². The Morgan fingerprint density at radius 1 is 1.33 bits per heavy atom. The minimum Gasteiger partial charge on any atom is -0.405 e. The first kappa shape index (κ1) is 12.1. The number of rotatable bonds is 2. The van der Waals surface area contributed by atoms with Gasteiger partial charge in [0.2, 0.25) is 0 Å². The maximum Gasteiger partial charge on any atom is 0.573 e. The highest BCUT2D eigenvalue weighted by Crippen LogP contribution is 2.31. The molecule has 0 aliphatic rings. The van der Waals surface area contributed by atoms with Gasteiger partial charge < -0.3 is 4.74 Å². The maximum absolute atomic E-state index is 11.9. The monoisotopic (exact) mass is 258 g/mol. The molecule has 2 nitrogen and oxygen atoms in total. The van der Waals surface area contributed by atoms with Gasteiger partial charge in [0, 0.05) is 0 Å². The molecule has 7 heteroatoms. The average Bonchev–Trinajstić information content (AvgIpc) is 1.99. The van der Waals surface area contributed by atoms with E-state index in [9.17, 15) is 18.0 Å². The van der Waals surface area contributed by atoms with Gasteiger partial charge in [-0.2, -0.15) is 0 Å². The molecule has 0 unspecified atom stereocenters. The molecule has 0 aliphatic heterocycles. The van der Waals surface area contributed by atoms with Gasteiger partial charge in [-0.3, -0.25) is 4.79 Å². The third kappa shape index (κ3) is 3.28. The van der Waals surface area contributed by atoms with Crippen LogP contribution in [0.3, 0.4) is 0 Å². The Hall–Kier alpha value is -0.940. The second-order valence-corrected chi connectivity index (χ2v) is 3.18. The van der Waals surface area contributed by atoms with Gasteiger partial charge in [-0.05, 0) is 23.7 Å². The lowest BCUT2D eigenvalue weighted by atomic mass is 10.2. The van der Waals surface area contributed by atoms with Gasteiger partial charge in [0.25, 0.3) is 5.24 Å². The van der Waals surface area contributed by atoms with Gasteiger partial charge in [0.1, 0.15) is 5.75 Å². The van der Waals surface area contributed by atoms with E-state index in [0.29, 0.717) is 0 Å². The molecule has 0 saturated heterocycles. The molecule has 1 rings (SSSR count). The van der Waals surface area contributed by atoms with Crippen molar-refractivity contribution in [3.63, 3.8) is 0 Å². The van der Waals surface area contributed by atoms with Crippen LogP contribution in [-0.2, 0) is 0 Å². The Balaban J connectivity index is 3.18. The van der Waals surface area contributed by atoms with Crippen molar-refractivity contribution in [1.82, 2.24) is 0 Å². The highest BCUT2D eigenvalue weighted by atomic mass is 35.5. The van der Waals surface area contributed by atoms with Crippen molar-refractivity contribution in [1.29, 1.82) is 0 Å². The normalized spacial score (nSPS) is 11.3. The fourth-order valence-electron chi connectivity index (χ4n) is 0.905. The van der Waals surface area contributed by atoms with Crippen molar-refractivity contribution in [2.24, 2.45) is 0 Å². The molecule has 0 bridgehead atoms. The first-order chi connectivity index (χ1) is 6.81. The van der Waals surface area contributed by atoms with Gasteiger partial charge in [0.05, 0.1) is 10.6 Å². The van der Waals surface area contributed by atoms with Crippen molar-refractivity contribution >= 4 is 28.4 Å². The lowest BCUT2D eigenvalue weighted by Crippen LogP contribution is -2.18. The molecule has 1 aromatic carbocycles.